The van der Waals surface area contributed by atoms with E-state index in [1.807, 2.05) is 36.4 Å². The highest BCUT2D eigenvalue weighted by atomic mass is 32.2. The van der Waals surface area contributed by atoms with Gasteiger partial charge in [-0.2, -0.15) is 0 Å². The largest absolute Gasteiger partial charge is 0.497 e. The highest BCUT2D eigenvalue weighted by Crippen LogP contribution is 2.27. The van der Waals surface area contributed by atoms with E-state index in [0.29, 0.717) is 23.2 Å². The Kier molecular flexibility index (Phi) is 6.76. The summed E-state index contributed by atoms with van der Waals surface area (Å²) in [4.78, 5) is 16.5. The first-order valence-corrected chi connectivity index (χ1v) is 10.8. The molecule has 2 heterocycles. The van der Waals surface area contributed by atoms with E-state index in [1.54, 1.807) is 36.2 Å². The van der Waals surface area contributed by atoms with Crippen molar-refractivity contribution in [2.45, 2.75) is 11.7 Å². The second-order valence-electron chi connectivity index (χ2n) is 6.77. The topological polar surface area (TPSA) is 81.9 Å². The maximum absolute atomic E-state index is 13.5. The molecule has 0 saturated carbocycles. The molecule has 0 spiro atoms. The van der Waals surface area contributed by atoms with Gasteiger partial charge in [0.2, 0.25) is 5.91 Å². The van der Waals surface area contributed by atoms with Crippen molar-refractivity contribution in [3.63, 3.8) is 0 Å². The van der Waals surface area contributed by atoms with Crippen LogP contribution in [-0.4, -0.2) is 38.5 Å². The Hall–Kier alpha value is -3.72. The zero-order chi connectivity index (χ0) is 22.3. The van der Waals surface area contributed by atoms with Crippen LogP contribution >= 0.6 is 11.8 Å². The fraction of sp³-hybridized carbons (Fsp3) is 0.130. The molecule has 0 aliphatic rings. The average Bonchev–Trinajstić information content (AvgIpc) is 3.26. The number of methoxy groups -OCH3 is 1. The van der Waals surface area contributed by atoms with E-state index in [4.69, 9.17) is 4.74 Å². The average molecular weight is 450 g/mol. The number of hydrogen-bond donors (Lipinski definition) is 1. The smallest absolute Gasteiger partial charge is 0.230 e. The molecule has 2 aromatic heterocycles. The van der Waals surface area contributed by atoms with E-state index in [-0.39, 0.29) is 17.5 Å². The van der Waals surface area contributed by atoms with Crippen LogP contribution in [0.2, 0.25) is 0 Å². The first kappa shape index (κ1) is 21.5. The Bertz CT molecular complexity index is 1200. The molecule has 7 nitrogen and oxygen atoms in total. The lowest BCUT2D eigenvalue weighted by Gasteiger charge is -2.11. The molecule has 0 radical (unpaired) electrons. The molecule has 0 aliphatic carbocycles. The van der Waals surface area contributed by atoms with Crippen LogP contribution in [0.3, 0.4) is 0 Å². The minimum atomic E-state index is -0.335. The van der Waals surface area contributed by atoms with Gasteiger partial charge in [-0.1, -0.05) is 23.9 Å². The van der Waals surface area contributed by atoms with E-state index in [2.05, 4.69) is 20.5 Å². The fourth-order valence-electron chi connectivity index (χ4n) is 3.04. The van der Waals surface area contributed by atoms with Crippen molar-refractivity contribution >= 4 is 17.7 Å². The normalized spacial score (nSPS) is 10.7. The SMILES string of the molecule is COc1cccc(CNC(=O)CSc2nnc(-c3ccncc3)n2-c2ccc(F)cc2)c1. The van der Waals surface area contributed by atoms with Gasteiger partial charge in [0, 0.05) is 30.2 Å². The Morgan fingerprint density at radius 1 is 1.09 bits per heavy atom. The Balaban J connectivity index is 1.50. The number of halogens is 1. The van der Waals surface area contributed by atoms with Crippen molar-refractivity contribution < 1.29 is 13.9 Å². The van der Waals surface area contributed by atoms with Gasteiger partial charge in [0.05, 0.1) is 12.9 Å². The number of ether oxygens (including phenoxy) is 1. The van der Waals surface area contributed by atoms with Crippen molar-refractivity contribution in [2.24, 2.45) is 0 Å². The molecule has 0 atom stereocenters. The van der Waals surface area contributed by atoms with Crippen molar-refractivity contribution in [2.75, 3.05) is 12.9 Å². The number of thioether (sulfide) groups is 1. The number of nitrogens with one attached hydrogen (secondary N) is 1. The zero-order valence-electron chi connectivity index (χ0n) is 17.2. The van der Waals surface area contributed by atoms with E-state index in [0.717, 1.165) is 16.9 Å². The number of hydrogen-bond acceptors (Lipinski definition) is 6. The summed E-state index contributed by atoms with van der Waals surface area (Å²) >= 11 is 1.26. The standard InChI is InChI=1S/C23H20FN5O2S/c1-31-20-4-2-3-16(13-20)14-26-21(30)15-32-23-28-27-22(17-9-11-25-12-10-17)29(23)19-7-5-18(24)6-8-19/h2-13H,14-15H2,1H3,(H,26,30). The number of carbonyl (C=O) groups excluding carboxylic acids is 1. The maximum Gasteiger partial charge on any atom is 0.230 e. The molecule has 4 rings (SSSR count). The third kappa shape index (κ3) is 5.12. The van der Waals surface area contributed by atoms with Gasteiger partial charge < -0.3 is 10.1 Å². The van der Waals surface area contributed by atoms with Crippen molar-refractivity contribution in [3.05, 3.63) is 84.4 Å². The van der Waals surface area contributed by atoms with Crippen LogP contribution in [0.15, 0.2) is 78.2 Å². The summed E-state index contributed by atoms with van der Waals surface area (Å²) in [6.07, 6.45) is 3.33. The minimum absolute atomic E-state index is 0.142. The van der Waals surface area contributed by atoms with Gasteiger partial charge >= 0.3 is 0 Å². The van der Waals surface area contributed by atoms with E-state index in [9.17, 15) is 9.18 Å². The van der Waals surface area contributed by atoms with Gasteiger partial charge in [-0.25, -0.2) is 4.39 Å². The van der Waals surface area contributed by atoms with Crippen LogP contribution in [0.4, 0.5) is 4.39 Å². The molecule has 0 aliphatic heterocycles. The highest BCUT2D eigenvalue weighted by molar-refractivity contribution is 7.99. The lowest BCUT2D eigenvalue weighted by molar-refractivity contribution is -0.118. The second-order valence-corrected chi connectivity index (χ2v) is 7.71. The van der Waals surface area contributed by atoms with Crippen LogP contribution in [0.5, 0.6) is 5.75 Å². The first-order chi connectivity index (χ1) is 15.6. The summed E-state index contributed by atoms with van der Waals surface area (Å²) in [6, 6.07) is 17.2. The van der Waals surface area contributed by atoms with E-state index < -0.39 is 0 Å². The van der Waals surface area contributed by atoms with Crippen molar-refractivity contribution in [1.82, 2.24) is 25.1 Å². The number of benzene rings is 2. The zero-order valence-corrected chi connectivity index (χ0v) is 18.1. The number of rotatable bonds is 8. The first-order valence-electron chi connectivity index (χ1n) is 9.78. The molecule has 1 N–H and O–H groups in total. The van der Waals surface area contributed by atoms with Gasteiger partial charge in [-0.3, -0.25) is 14.3 Å². The van der Waals surface area contributed by atoms with Crippen molar-refractivity contribution in [3.8, 4) is 22.8 Å². The van der Waals surface area contributed by atoms with Crippen molar-refractivity contribution in [1.29, 1.82) is 0 Å². The van der Waals surface area contributed by atoms with Crippen LogP contribution < -0.4 is 10.1 Å². The Morgan fingerprint density at radius 2 is 1.88 bits per heavy atom. The van der Waals surface area contributed by atoms with Gasteiger partial charge in [0.15, 0.2) is 11.0 Å². The molecule has 0 bridgehead atoms. The lowest BCUT2D eigenvalue weighted by atomic mass is 10.2. The van der Waals surface area contributed by atoms with Gasteiger partial charge in [0.25, 0.3) is 0 Å². The molecular formula is C23H20FN5O2S. The molecule has 2 aromatic carbocycles. The summed E-state index contributed by atoms with van der Waals surface area (Å²) in [6.45, 7) is 0.392. The van der Waals surface area contributed by atoms with Crippen LogP contribution in [-0.2, 0) is 11.3 Å². The third-order valence-corrected chi connectivity index (χ3v) is 5.54. The van der Waals surface area contributed by atoms with E-state index >= 15 is 0 Å². The molecule has 0 fully saturated rings. The second kappa shape index (κ2) is 10.1. The summed E-state index contributed by atoms with van der Waals surface area (Å²) in [5.74, 6) is 0.996. The van der Waals surface area contributed by atoms with E-state index in [1.165, 1.54) is 23.9 Å². The lowest BCUT2D eigenvalue weighted by Crippen LogP contribution is -2.24. The molecule has 32 heavy (non-hydrogen) atoms. The number of pyridine rings is 1. The molecular weight excluding hydrogens is 429 g/mol. The van der Waals surface area contributed by atoms with Crippen LogP contribution in [0.25, 0.3) is 17.1 Å². The molecule has 1 amide bonds. The van der Waals surface area contributed by atoms with Gasteiger partial charge in [-0.15, -0.1) is 10.2 Å². The molecule has 0 saturated heterocycles. The molecule has 0 unspecified atom stereocenters. The fourth-order valence-corrected chi connectivity index (χ4v) is 3.82. The summed E-state index contributed by atoms with van der Waals surface area (Å²) in [5.41, 5.74) is 2.45. The Labute approximate surface area is 188 Å². The summed E-state index contributed by atoms with van der Waals surface area (Å²) < 4.78 is 20.5. The van der Waals surface area contributed by atoms with Crippen LogP contribution in [0.1, 0.15) is 5.56 Å². The molecule has 9 heteroatoms. The minimum Gasteiger partial charge on any atom is -0.497 e. The number of aromatic nitrogens is 4. The van der Waals surface area contributed by atoms with Gasteiger partial charge in [0.1, 0.15) is 11.6 Å². The predicted molar refractivity (Wildman–Crippen MR) is 120 cm³/mol. The highest BCUT2D eigenvalue weighted by Gasteiger charge is 2.17. The number of amides is 1. The molecule has 162 valence electrons. The number of carbonyl (C=O) groups is 1. The molecule has 4 aromatic rings. The quantitative estimate of drug-likeness (QED) is 0.411. The third-order valence-electron chi connectivity index (χ3n) is 4.61. The Morgan fingerprint density at radius 3 is 2.62 bits per heavy atom. The van der Waals surface area contributed by atoms with Crippen LogP contribution in [0, 0.1) is 5.82 Å². The monoisotopic (exact) mass is 449 g/mol. The number of nitrogens with zero attached hydrogens (tertiary/aromatic N) is 4. The van der Waals surface area contributed by atoms with Gasteiger partial charge in [-0.05, 0) is 54.1 Å². The summed E-state index contributed by atoms with van der Waals surface area (Å²) in [7, 11) is 1.60. The maximum atomic E-state index is 13.5. The summed E-state index contributed by atoms with van der Waals surface area (Å²) in [5, 5.41) is 12.0. The predicted octanol–water partition coefficient (Wildman–Crippen LogP) is 3.89.